The van der Waals surface area contributed by atoms with Crippen LogP contribution in [-0.4, -0.2) is 11.9 Å². The third kappa shape index (κ3) is 3.95. The van der Waals surface area contributed by atoms with Crippen LogP contribution in [0.1, 0.15) is 16.7 Å². The minimum Gasteiger partial charge on any atom is -0.444 e. The highest BCUT2D eigenvalue weighted by Crippen LogP contribution is 2.04. The molecule has 0 fully saturated rings. The Morgan fingerprint density at radius 1 is 1.10 bits per heavy atom. The second-order valence-corrected chi connectivity index (χ2v) is 4.43. The fraction of sp³-hybridized carbons (Fsp3) is 0.125. The maximum atomic E-state index is 11.6. The van der Waals surface area contributed by atoms with E-state index in [-0.39, 0.29) is 12.4 Å². The summed E-state index contributed by atoms with van der Waals surface area (Å²) < 4.78 is 5.05. The van der Waals surface area contributed by atoms with Crippen molar-refractivity contribution in [1.29, 1.82) is 5.41 Å². The number of alkyl carbamates (subject to hydrolysis) is 1. The fourth-order valence-corrected chi connectivity index (χ4v) is 1.65. The van der Waals surface area contributed by atoms with Crippen LogP contribution in [0.25, 0.3) is 0 Å². The molecule has 0 radical (unpaired) electrons. The number of ether oxygens (including phenoxy) is 1. The summed E-state index contributed by atoms with van der Waals surface area (Å²) in [6.45, 7) is 2.16. The van der Waals surface area contributed by atoms with E-state index in [1.807, 2.05) is 49.4 Å². The molecule has 4 nitrogen and oxygen atoms in total. The molecule has 0 aliphatic heterocycles. The van der Waals surface area contributed by atoms with Gasteiger partial charge in [0.05, 0.1) is 0 Å². The first-order valence-corrected chi connectivity index (χ1v) is 6.28. The van der Waals surface area contributed by atoms with Crippen molar-refractivity contribution in [2.24, 2.45) is 0 Å². The lowest BCUT2D eigenvalue weighted by Crippen LogP contribution is -2.30. The highest BCUT2D eigenvalue weighted by Gasteiger charge is 2.07. The third-order valence-electron chi connectivity index (χ3n) is 2.78. The van der Waals surface area contributed by atoms with E-state index in [2.05, 4.69) is 5.32 Å². The summed E-state index contributed by atoms with van der Waals surface area (Å²) in [5.74, 6) is 0.0306. The third-order valence-corrected chi connectivity index (χ3v) is 2.78. The summed E-state index contributed by atoms with van der Waals surface area (Å²) >= 11 is 0. The van der Waals surface area contributed by atoms with E-state index in [0.717, 1.165) is 11.1 Å². The quantitative estimate of drug-likeness (QED) is 0.663. The van der Waals surface area contributed by atoms with E-state index in [1.165, 1.54) is 0 Å². The van der Waals surface area contributed by atoms with Crippen molar-refractivity contribution in [3.8, 4) is 0 Å². The first-order valence-electron chi connectivity index (χ1n) is 6.28. The Morgan fingerprint density at radius 3 is 2.40 bits per heavy atom. The molecule has 0 saturated carbocycles. The molecule has 2 N–H and O–H groups in total. The van der Waals surface area contributed by atoms with Gasteiger partial charge in [-0.25, -0.2) is 4.79 Å². The average Bonchev–Trinajstić information content (AvgIpc) is 2.47. The van der Waals surface area contributed by atoms with Gasteiger partial charge in [-0.3, -0.25) is 10.7 Å². The van der Waals surface area contributed by atoms with Crippen molar-refractivity contribution in [3.63, 3.8) is 0 Å². The molecule has 2 rings (SSSR count). The summed E-state index contributed by atoms with van der Waals surface area (Å²) in [6, 6.07) is 16.8. The average molecular weight is 268 g/mol. The van der Waals surface area contributed by atoms with Gasteiger partial charge in [-0.2, -0.15) is 0 Å². The van der Waals surface area contributed by atoms with Crippen LogP contribution in [0, 0.1) is 12.3 Å². The molecule has 0 spiro atoms. The summed E-state index contributed by atoms with van der Waals surface area (Å²) in [4.78, 5) is 11.6. The lowest BCUT2D eigenvalue weighted by Gasteiger charge is -2.08. The first-order chi connectivity index (χ1) is 9.65. The van der Waals surface area contributed by atoms with Gasteiger partial charge >= 0.3 is 6.09 Å². The van der Waals surface area contributed by atoms with Gasteiger partial charge in [-0.1, -0.05) is 60.2 Å². The maximum Gasteiger partial charge on any atom is 0.413 e. The van der Waals surface area contributed by atoms with Gasteiger partial charge in [0.1, 0.15) is 12.4 Å². The van der Waals surface area contributed by atoms with Crippen LogP contribution in [0.2, 0.25) is 0 Å². The highest BCUT2D eigenvalue weighted by atomic mass is 16.5. The highest BCUT2D eigenvalue weighted by molar-refractivity contribution is 6.04. The monoisotopic (exact) mass is 268 g/mol. The molecule has 4 heteroatoms. The maximum absolute atomic E-state index is 11.6. The van der Waals surface area contributed by atoms with Gasteiger partial charge in [0.15, 0.2) is 0 Å². The van der Waals surface area contributed by atoms with Crippen molar-refractivity contribution in [2.75, 3.05) is 0 Å². The number of rotatable bonds is 3. The molecular formula is C16H16N2O2. The molecule has 20 heavy (non-hydrogen) atoms. The Balaban J connectivity index is 1.85. The van der Waals surface area contributed by atoms with Crippen LogP contribution in [0.15, 0.2) is 54.6 Å². The summed E-state index contributed by atoms with van der Waals surface area (Å²) in [7, 11) is 0. The Labute approximate surface area is 117 Å². The molecule has 0 unspecified atom stereocenters. The summed E-state index contributed by atoms with van der Waals surface area (Å²) in [5.41, 5.74) is 2.66. The smallest absolute Gasteiger partial charge is 0.413 e. The minimum atomic E-state index is -0.626. The van der Waals surface area contributed by atoms with E-state index in [9.17, 15) is 4.79 Å². The minimum absolute atomic E-state index is 0.0306. The first kappa shape index (κ1) is 13.8. The lowest BCUT2D eigenvalue weighted by atomic mass is 10.1. The summed E-state index contributed by atoms with van der Waals surface area (Å²) in [6.07, 6.45) is -0.626. The number of carbonyl (C=O) groups is 1. The van der Waals surface area contributed by atoms with Gasteiger partial charge < -0.3 is 4.74 Å². The molecule has 0 aliphatic carbocycles. The Kier molecular flexibility index (Phi) is 4.50. The number of hydrogen-bond donors (Lipinski definition) is 2. The van der Waals surface area contributed by atoms with Crippen LogP contribution >= 0.6 is 0 Å². The Morgan fingerprint density at radius 2 is 1.75 bits per heavy atom. The molecule has 0 heterocycles. The molecule has 0 aliphatic rings. The van der Waals surface area contributed by atoms with Gasteiger partial charge in [0.25, 0.3) is 0 Å². The summed E-state index contributed by atoms with van der Waals surface area (Å²) in [5, 5.41) is 10.2. The van der Waals surface area contributed by atoms with E-state index in [1.54, 1.807) is 12.1 Å². The van der Waals surface area contributed by atoms with E-state index >= 15 is 0 Å². The van der Waals surface area contributed by atoms with Crippen LogP contribution < -0.4 is 5.32 Å². The Hall–Kier alpha value is -2.62. The molecule has 0 aromatic heterocycles. The SMILES string of the molecule is Cc1ccc(C(=N)NC(=O)OCc2ccccc2)cc1. The van der Waals surface area contributed by atoms with Gasteiger partial charge in [0, 0.05) is 5.56 Å². The Bertz CT molecular complexity index is 592. The molecule has 102 valence electrons. The number of amides is 1. The zero-order chi connectivity index (χ0) is 14.4. The zero-order valence-electron chi connectivity index (χ0n) is 11.2. The normalized spacial score (nSPS) is 9.85. The van der Waals surface area contributed by atoms with Crippen molar-refractivity contribution in [1.82, 2.24) is 5.32 Å². The largest absolute Gasteiger partial charge is 0.444 e. The lowest BCUT2D eigenvalue weighted by molar-refractivity contribution is 0.145. The van der Waals surface area contributed by atoms with Crippen molar-refractivity contribution in [3.05, 3.63) is 71.3 Å². The number of hydrogen-bond acceptors (Lipinski definition) is 3. The zero-order valence-corrected chi connectivity index (χ0v) is 11.2. The second kappa shape index (κ2) is 6.52. The van der Waals surface area contributed by atoms with Crippen LogP contribution in [0.3, 0.4) is 0 Å². The predicted octanol–water partition coefficient (Wildman–Crippen LogP) is 3.25. The molecule has 1 amide bonds. The van der Waals surface area contributed by atoms with Gasteiger partial charge in [0.2, 0.25) is 0 Å². The molecule has 0 saturated heterocycles. The van der Waals surface area contributed by atoms with Crippen molar-refractivity contribution in [2.45, 2.75) is 13.5 Å². The van der Waals surface area contributed by atoms with E-state index < -0.39 is 6.09 Å². The molecular weight excluding hydrogens is 252 g/mol. The van der Waals surface area contributed by atoms with Gasteiger partial charge in [-0.05, 0) is 12.5 Å². The molecule has 0 atom stereocenters. The van der Waals surface area contributed by atoms with E-state index in [4.69, 9.17) is 10.1 Å². The number of carbonyl (C=O) groups excluding carboxylic acids is 1. The molecule has 0 bridgehead atoms. The van der Waals surface area contributed by atoms with Crippen molar-refractivity contribution >= 4 is 11.9 Å². The number of amidine groups is 1. The van der Waals surface area contributed by atoms with Crippen LogP contribution in [0.5, 0.6) is 0 Å². The van der Waals surface area contributed by atoms with E-state index in [0.29, 0.717) is 5.56 Å². The van der Waals surface area contributed by atoms with Gasteiger partial charge in [-0.15, -0.1) is 0 Å². The number of nitrogens with one attached hydrogen (secondary N) is 2. The molecule has 2 aromatic rings. The fourth-order valence-electron chi connectivity index (χ4n) is 1.65. The second-order valence-electron chi connectivity index (χ2n) is 4.43. The topological polar surface area (TPSA) is 62.2 Å². The molecule has 2 aromatic carbocycles. The van der Waals surface area contributed by atoms with Crippen LogP contribution in [-0.2, 0) is 11.3 Å². The number of benzene rings is 2. The standard InChI is InChI=1S/C16H16N2O2/c1-12-7-9-14(10-8-12)15(17)18-16(19)20-11-13-5-3-2-4-6-13/h2-10H,11H2,1H3,(H2,17,18,19). The number of aryl methyl sites for hydroxylation is 1. The van der Waals surface area contributed by atoms with Crippen LogP contribution in [0.4, 0.5) is 4.79 Å². The predicted molar refractivity (Wildman–Crippen MR) is 77.8 cm³/mol. The van der Waals surface area contributed by atoms with Crippen molar-refractivity contribution < 1.29 is 9.53 Å².